The van der Waals surface area contributed by atoms with E-state index in [0.717, 1.165) is 18.2 Å². The molecule has 3 aromatic rings. The number of anilines is 1. The number of aromatic amines is 1. The van der Waals surface area contributed by atoms with Crippen LogP contribution in [0.1, 0.15) is 46.2 Å². The first kappa shape index (κ1) is 22.6. The lowest BCUT2D eigenvalue weighted by Gasteiger charge is -2.31. The third-order valence-electron chi connectivity index (χ3n) is 5.82. The number of carboxylic acid groups (broad SMARTS) is 1. The van der Waals surface area contributed by atoms with E-state index in [0.29, 0.717) is 39.9 Å². The van der Waals surface area contributed by atoms with E-state index in [1.54, 1.807) is 6.20 Å². The zero-order valence-corrected chi connectivity index (χ0v) is 19.2. The van der Waals surface area contributed by atoms with Crippen LogP contribution in [-0.2, 0) is 4.79 Å². The second kappa shape index (κ2) is 8.77. The van der Waals surface area contributed by atoms with Gasteiger partial charge in [0.05, 0.1) is 18.3 Å². The van der Waals surface area contributed by atoms with Gasteiger partial charge in [0.25, 0.3) is 0 Å². The van der Waals surface area contributed by atoms with Crippen LogP contribution < -0.4 is 5.32 Å². The average molecular weight is 450 g/mol. The molecular weight excluding hydrogens is 421 g/mol. The van der Waals surface area contributed by atoms with Crippen molar-refractivity contribution in [2.45, 2.75) is 46.6 Å². The van der Waals surface area contributed by atoms with Gasteiger partial charge in [-0.1, -0.05) is 45.9 Å². The number of nitrogens with one attached hydrogen (secondary N) is 2. The molecule has 3 aromatic heterocycles. The normalized spacial score (nSPS) is 17.1. The van der Waals surface area contributed by atoms with Crippen molar-refractivity contribution < 1.29 is 14.3 Å². The lowest BCUT2D eigenvalue weighted by molar-refractivity contribution is -0.137. The van der Waals surface area contributed by atoms with Crippen molar-refractivity contribution in [1.29, 1.82) is 0 Å². The first-order chi connectivity index (χ1) is 15.6. The lowest BCUT2D eigenvalue weighted by atomic mass is 9.84. The summed E-state index contributed by atoms with van der Waals surface area (Å²) in [6.07, 6.45) is 10.0. The molecule has 172 valence electrons. The highest BCUT2D eigenvalue weighted by Crippen LogP contribution is 2.32. The van der Waals surface area contributed by atoms with Crippen molar-refractivity contribution in [2.24, 2.45) is 11.3 Å². The fourth-order valence-corrected chi connectivity index (χ4v) is 3.80. The minimum Gasteiger partial charge on any atom is -0.481 e. The van der Waals surface area contributed by atoms with Crippen LogP contribution in [0.15, 0.2) is 42.8 Å². The van der Waals surface area contributed by atoms with Gasteiger partial charge < -0.3 is 15.4 Å². The molecule has 1 aliphatic carbocycles. The highest BCUT2D eigenvalue weighted by atomic mass is 19.1. The number of pyridine rings is 1. The number of carbonyl (C=O) groups is 1. The molecule has 33 heavy (non-hydrogen) atoms. The third-order valence-corrected chi connectivity index (χ3v) is 5.82. The van der Waals surface area contributed by atoms with Gasteiger partial charge in [0.1, 0.15) is 17.3 Å². The highest BCUT2D eigenvalue weighted by molar-refractivity contribution is 5.92. The molecule has 2 atom stereocenters. The standard InChI is InChI=1S/C25H28FN5O2/c1-14-5-7-15(8-6-14)19-10-21(30-20(11-22(32)33)25(2,3)4)31-24(29-19)18-13-28-23-17(18)9-16(26)12-27-23/h5,7-10,12-14,20H,6,11H2,1-4H3,(H,27,28)(H,32,33)(H,29,30,31)/t14?,20-/m1/s1. The molecule has 0 amide bonds. The van der Waals surface area contributed by atoms with E-state index >= 15 is 0 Å². The molecule has 0 saturated heterocycles. The first-order valence-corrected chi connectivity index (χ1v) is 11.0. The van der Waals surface area contributed by atoms with Gasteiger partial charge >= 0.3 is 5.97 Å². The minimum atomic E-state index is -0.887. The molecule has 0 aliphatic heterocycles. The minimum absolute atomic E-state index is 0.0551. The van der Waals surface area contributed by atoms with Gasteiger partial charge in [0.15, 0.2) is 5.82 Å². The number of carboxylic acids is 1. The molecule has 8 heteroatoms. The quantitative estimate of drug-likeness (QED) is 0.463. The SMILES string of the molecule is CC1C=CC(c2cc(N[C@H](CC(=O)O)C(C)(C)C)nc(-c3c[nH]c4ncc(F)cc34)n2)=CC1. The fourth-order valence-electron chi connectivity index (χ4n) is 3.80. The van der Waals surface area contributed by atoms with Crippen molar-refractivity contribution in [3.05, 3.63) is 54.3 Å². The van der Waals surface area contributed by atoms with E-state index in [9.17, 15) is 14.3 Å². The van der Waals surface area contributed by atoms with E-state index in [-0.39, 0.29) is 17.9 Å². The maximum absolute atomic E-state index is 13.9. The summed E-state index contributed by atoms with van der Waals surface area (Å²) in [5.41, 5.74) is 2.53. The molecule has 1 aliphatic rings. The van der Waals surface area contributed by atoms with Gasteiger partial charge in [0, 0.05) is 29.3 Å². The van der Waals surface area contributed by atoms with Crippen LogP contribution in [-0.4, -0.2) is 37.1 Å². The molecule has 0 saturated carbocycles. The van der Waals surface area contributed by atoms with Crippen molar-refractivity contribution in [1.82, 2.24) is 19.9 Å². The van der Waals surface area contributed by atoms with Crippen LogP contribution in [0.4, 0.5) is 10.2 Å². The summed E-state index contributed by atoms with van der Waals surface area (Å²) in [6, 6.07) is 2.88. The molecule has 4 rings (SSSR count). The van der Waals surface area contributed by atoms with Crippen LogP contribution in [0.5, 0.6) is 0 Å². The van der Waals surface area contributed by atoms with Crippen LogP contribution in [0.3, 0.4) is 0 Å². The van der Waals surface area contributed by atoms with Gasteiger partial charge in [-0.05, 0) is 29.4 Å². The summed E-state index contributed by atoms with van der Waals surface area (Å²) in [7, 11) is 0. The predicted molar refractivity (Wildman–Crippen MR) is 127 cm³/mol. The Labute approximate surface area is 191 Å². The zero-order valence-electron chi connectivity index (χ0n) is 19.2. The number of fused-ring (bicyclic) bond motifs is 1. The summed E-state index contributed by atoms with van der Waals surface area (Å²) in [5, 5.41) is 13.3. The maximum atomic E-state index is 13.9. The molecule has 7 nitrogen and oxygen atoms in total. The van der Waals surface area contributed by atoms with E-state index in [1.165, 1.54) is 6.07 Å². The molecule has 0 fully saturated rings. The van der Waals surface area contributed by atoms with Gasteiger partial charge in [-0.2, -0.15) is 0 Å². The largest absolute Gasteiger partial charge is 0.481 e. The molecule has 0 bridgehead atoms. The topological polar surface area (TPSA) is 104 Å². The predicted octanol–water partition coefficient (Wildman–Crippen LogP) is 5.44. The van der Waals surface area contributed by atoms with Crippen LogP contribution in [0.25, 0.3) is 28.0 Å². The number of hydrogen-bond donors (Lipinski definition) is 3. The third kappa shape index (κ3) is 5.10. The number of aromatic nitrogens is 4. The van der Waals surface area contributed by atoms with E-state index in [4.69, 9.17) is 4.98 Å². The number of aliphatic carboxylic acids is 1. The Morgan fingerprint density at radius 2 is 2.12 bits per heavy atom. The first-order valence-electron chi connectivity index (χ1n) is 11.0. The number of halogens is 1. The Morgan fingerprint density at radius 1 is 1.33 bits per heavy atom. The molecule has 0 aromatic carbocycles. The van der Waals surface area contributed by atoms with Crippen molar-refractivity contribution >= 4 is 28.4 Å². The second-order valence-corrected chi connectivity index (χ2v) is 9.61. The molecule has 3 N–H and O–H groups in total. The van der Waals surface area contributed by atoms with Crippen molar-refractivity contribution in [2.75, 3.05) is 5.32 Å². The monoisotopic (exact) mass is 449 g/mol. The Kier molecular flexibility index (Phi) is 6.01. The van der Waals surface area contributed by atoms with Crippen LogP contribution in [0, 0.1) is 17.2 Å². The molecule has 3 heterocycles. The second-order valence-electron chi connectivity index (χ2n) is 9.61. The summed E-state index contributed by atoms with van der Waals surface area (Å²) in [4.78, 5) is 28.1. The Bertz CT molecular complexity index is 1260. The highest BCUT2D eigenvalue weighted by Gasteiger charge is 2.28. The van der Waals surface area contributed by atoms with E-state index in [1.807, 2.05) is 32.9 Å². The number of H-pyrrole nitrogens is 1. The Balaban J connectivity index is 1.82. The number of nitrogens with zero attached hydrogens (tertiary/aromatic N) is 3. The Morgan fingerprint density at radius 3 is 2.79 bits per heavy atom. The van der Waals surface area contributed by atoms with Gasteiger partial charge in [0.2, 0.25) is 0 Å². The fraction of sp³-hybridized carbons (Fsp3) is 0.360. The molecule has 1 unspecified atom stereocenters. The van der Waals surface area contributed by atoms with Crippen LogP contribution in [0.2, 0.25) is 0 Å². The van der Waals surface area contributed by atoms with Gasteiger partial charge in [-0.3, -0.25) is 4.79 Å². The molecule has 0 radical (unpaired) electrons. The van der Waals surface area contributed by atoms with Crippen molar-refractivity contribution in [3.63, 3.8) is 0 Å². The van der Waals surface area contributed by atoms with Gasteiger partial charge in [-0.15, -0.1) is 0 Å². The molecular formula is C25H28FN5O2. The summed E-state index contributed by atoms with van der Waals surface area (Å²) in [5.74, 6) is 0.0459. The molecule has 0 spiro atoms. The number of hydrogen-bond acceptors (Lipinski definition) is 5. The van der Waals surface area contributed by atoms with E-state index < -0.39 is 11.8 Å². The summed E-state index contributed by atoms with van der Waals surface area (Å²) in [6.45, 7) is 8.10. The number of allylic oxidation sites excluding steroid dienone is 4. The zero-order chi connectivity index (χ0) is 23.8. The number of rotatable bonds is 6. The van der Waals surface area contributed by atoms with Crippen LogP contribution >= 0.6 is 0 Å². The van der Waals surface area contributed by atoms with E-state index in [2.05, 4.69) is 39.3 Å². The lowest BCUT2D eigenvalue weighted by Crippen LogP contribution is -2.36. The smallest absolute Gasteiger partial charge is 0.305 e. The van der Waals surface area contributed by atoms with Gasteiger partial charge in [-0.25, -0.2) is 19.3 Å². The maximum Gasteiger partial charge on any atom is 0.305 e. The average Bonchev–Trinajstić information content (AvgIpc) is 3.15. The van der Waals surface area contributed by atoms with Crippen molar-refractivity contribution in [3.8, 4) is 11.4 Å². The summed E-state index contributed by atoms with van der Waals surface area (Å²) < 4.78 is 13.9. The summed E-state index contributed by atoms with van der Waals surface area (Å²) >= 11 is 0. The Hall–Kier alpha value is -3.55.